The molecular weight excluding hydrogens is 231 g/mol. The highest BCUT2D eigenvalue weighted by atomic mass is 19.1. The largest absolute Gasteiger partial charge is 0.491 e. The number of hydrogen-bond donors (Lipinski definition) is 1. The van der Waals surface area contributed by atoms with Crippen molar-refractivity contribution in [3.8, 4) is 16.9 Å². The van der Waals surface area contributed by atoms with Crippen molar-refractivity contribution in [2.45, 2.75) is 13.3 Å². The van der Waals surface area contributed by atoms with Crippen molar-refractivity contribution in [2.75, 3.05) is 12.3 Å². The van der Waals surface area contributed by atoms with Gasteiger partial charge in [-0.2, -0.15) is 0 Å². The summed E-state index contributed by atoms with van der Waals surface area (Å²) >= 11 is 0. The number of anilines is 1. The van der Waals surface area contributed by atoms with Crippen molar-refractivity contribution >= 4 is 5.82 Å². The minimum atomic E-state index is -0.385. The molecule has 0 atom stereocenters. The van der Waals surface area contributed by atoms with Crippen LogP contribution in [0, 0.1) is 5.82 Å². The molecule has 94 valence electrons. The summed E-state index contributed by atoms with van der Waals surface area (Å²) < 4.78 is 19.1. The van der Waals surface area contributed by atoms with Crippen LogP contribution in [0.4, 0.5) is 10.2 Å². The Morgan fingerprint density at radius 2 is 2.17 bits per heavy atom. The standard InChI is InChI=1S/C14H15FN2O/c1-2-8-18-13-6-5-10(9-12(13)15)11-4-3-7-17-14(11)16/h3-7,9H,2,8H2,1H3,(H2,16,17). The third-order valence-electron chi connectivity index (χ3n) is 2.54. The number of pyridine rings is 1. The molecular formula is C14H15FN2O. The van der Waals surface area contributed by atoms with E-state index >= 15 is 0 Å². The van der Waals surface area contributed by atoms with E-state index in [1.165, 1.54) is 6.07 Å². The Kier molecular flexibility index (Phi) is 3.77. The average molecular weight is 246 g/mol. The molecule has 1 heterocycles. The zero-order valence-corrected chi connectivity index (χ0v) is 10.2. The normalized spacial score (nSPS) is 10.3. The van der Waals surface area contributed by atoms with E-state index in [0.717, 1.165) is 12.0 Å². The highest BCUT2D eigenvalue weighted by Crippen LogP contribution is 2.28. The fraction of sp³-hybridized carbons (Fsp3) is 0.214. The highest BCUT2D eigenvalue weighted by Gasteiger charge is 2.08. The van der Waals surface area contributed by atoms with Gasteiger partial charge in [0, 0.05) is 11.8 Å². The van der Waals surface area contributed by atoms with Gasteiger partial charge in [0.05, 0.1) is 6.61 Å². The molecule has 1 aromatic heterocycles. The van der Waals surface area contributed by atoms with Gasteiger partial charge in [0.25, 0.3) is 0 Å². The van der Waals surface area contributed by atoms with Crippen molar-refractivity contribution in [3.63, 3.8) is 0 Å². The third kappa shape index (κ3) is 2.59. The Labute approximate surface area is 105 Å². The quantitative estimate of drug-likeness (QED) is 0.900. The van der Waals surface area contributed by atoms with Gasteiger partial charge >= 0.3 is 0 Å². The molecule has 0 aliphatic carbocycles. The molecule has 0 saturated heterocycles. The number of halogens is 1. The summed E-state index contributed by atoms with van der Waals surface area (Å²) in [6.07, 6.45) is 2.45. The molecule has 0 aliphatic rings. The van der Waals surface area contributed by atoms with Crippen molar-refractivity contribution in [3.05, 3.63) is 42.3 Å². The molecule has 0 fully saturated rings. The average Bonchev–Trinajstić information content (AvgIpc) is 2.38. The second-order valence-corrected chi connectivity index (χ2v) is 3.93. The van der Waals surface area contributed by atoms with Crippen molar-refractivity contribution in [1.82, 2.24) is 4.98 Å². The number of hydrogen-bond acceptors (Lipinski definition) is 3. The molecule has 2 aromatic rings. The van der Waals surface area contributed by atoms with Crippen LogP contribution < -0.4 is 10.5 Å². The summed E-state index contributed by atoms with van der Waals surface area (Å²) in [7, 11) is 0. The van der Waals surface area contributed by atoms with Crippen molar-refractivity contribution in [2.24, 2.45) is 0 Å². The fourth-order valence-corrected chi connectivity index (χ4v) is 1.66. The van der Waals surface area contributed by atoms with E-state index in [-0.39, 0.29) is 11.6 Å². The first-order chi connectivity index (χ1) is 8.72. The number of benzene rings is 1. The Morgan fingerprint density at radius 3 is 2.83 bits per heavy atom. The second kappa shape index (κ2) is 5.49. The molecule has 0 aliphatic heterocycles. The summed E-state index contributed by atoms with van der Waals surface area (Å²) in [5.74, 6) is 0.270. The SMILES string of the molecule is CCCOc1ccc(-c2cccnc2N)cc1F. The predicted molar refractivity (Wildman–Crippen MR) is 69.8 cm³/mol. The number of nitrogens with two attached hydrogens (primary N) is 1. The van der Waals surface area contributed by atoms with Gasteiger partial charge < -0.3 is 10.5 Å². The molecule has 0 unspecified atom stereocenters. The summed E-state index contributed by atoms with van der Waals surface area (Å²) in [4.78, 5) is 3.98. The molecule has 2 N–H and O–H groups in total. The van der Waals surface area contributed by atoms with E-state index in [4.69, 9.17) is 10.5 Å². The third-order valence-corrected chi connectivity index (χ3v) is 2.54. The lowest BCUT2D eigenvalue weighted by molar-refractivity contribution is 0.301. The van der Waals surface area contributed by atoms with Crippen LogP contribution in [0.15, 0.2) is 36.5 Å². The topological polar surface area (TPSA) is 48.1 Å². The van der Waals surface area contributed by atoms with Crippen LogP contribution >= 0.6 is 0 Å². The Bertz CT molecular complexity index is 543. The number of nitrogens with zero attached hydrogens (tertiary/aromatic N) is 1. The van der Waals surface area contributed by atoms with Gasteiger partial charge in [-0.25, -0.2) is 9.37 Å². The molecule has 18 heavy (non-hydrogen) atoms. The van der Waals surface area contributed by atoms with Gasteiger partial charge in [-0.05, 0) is 36.2 Å². The Hall–Kier alpha value is -2.10. The lowest BCUT2D eigenvalue weighted by atomic mass is 10.1. The smallest absolute Gasteiger partial charge is 0.165 e. The van der Waals surface area contributed by atoms with Gasteiger partial charge in [0.15, 0.2) is 11.6 Å². The molecule has 0 bridgehead atoms. The summed E-state index contributed by atoms with van der Waals surface area (Å²) in [6.45, 7) is 2.48. The molecule has 2 rings (SSSR count). The first kappa shape index (κ1) is 12.4. The van der Waals surface area contributed by atoms with Gasteiger partial charge in [0.2, 0.25) is 0 Å². The summed E-state index contributed by atoms with van der Waals surface area (Å²) in [6, 6.07) is 8.39. The van der Waals surface area contributed by atoms with Crippen molar-refractivity contribution < 1.29 is 9.13 Å². The van der Waals surface area contributed by atoms with E-state index in [9.17, 15) is 4.39 Å². The number of nitrogen functional groups attached to an aromatic ring is 1. The Balaban J connectivity index is 2.32. The van der Waals surface area contributed by atoms with Crippen LogP contribution in [0.1, 0.15) is 13.3 Å². The van der Waals surface area contributed by atoms with Crippen LogP contribution in [-0.2, 0) is 0 Å². The van der Waals surface area contributed by atoms with Gasteiger partial charge in [-0.3, -0.25) is 0 Å². The minimum Gasteiger partial charge on any atom is -0.491 e. The molecule has 0 saturated carbocycles. The number of aromatic nitrogens is 1. The van der Waals surface area contributed by atoms with E-state index in [1.54, 1.807) is 24.4 Å². The lowest BCUT2D eigenvalue weighted by Gasteiger charge is -2.08. The zero-order chi connectivity index (χ0) is 13.0. The monoisotopic (exact) mass is 246 g/mol. The van der Waals surface area contributed by atoms with E-state index in [0.29, 0.717) is 18.0 Å². The molecule has 0 radical (unpaired) electrons. The summed E-state index contributed by atoms with van der Waals surface area (Å²) in [5, 5.41) is 0. The fourth-order valence-electron chi connectivity index (χ4n) is 1.66. The molecule has 0 amide bonds. The maximum Gasteiger partial charge on any atom is 0.165 e. The van der Waals surface area contributed by atoms with Crippen LogP contribution in [-0.4, -0.2) is 11.6 Å². The Morgan fingerprint density at radius 1 is 1.33 bits per heavy atom. The molecule has 0 spiro atoms. The van der Waals surface area contributed by atoms with Crippen LogP contribution in [0.3, 0.4) is 0 Å². The molecule has 3 nitrogen and oxygen atoms in total. The van der Waals surface area contributed by atoms with E-state index < -0.39 is 0 Å². The summed E-state index contributed by atoms with van der Waals surface area (Å²) in [5.41, 5.74) is 7.17. The predicted octanol–water partition coefficient (Wildman–Crippen LogP) is 3.26. The first-order valence-electron chi connectivity index (χ1n) is 5.85. The highest BCUT2D eigenvalue weighted by molar-refractivity contribution is 5.73. The molecule has 4 heteroatoms. The number of ether oxygens (including phenoxy) is 1. The van der Waals surface area contributed by atoms with Crippen LogP contribution in [0.25, 0.3) is 11.1 Å². The minimum absolute atomic E-state index is 0.267. The maximum absolute atomic E-state index is 13.8. The number of rotatable bonds is 4. The van der Waals surface area contributed by atoms with Gasteiger partial charge in [-0.1, -0.05) is 13.0 Å². The lowest BCUT2D eigenvalue weighted by Crippen LogP contribution is -1.98. The van der Waals surface area contributed by atoms with Crippen LogP contribution in [0.5, 0.6) is 5.75 Å². The van der Waals surface area contributed by atoms with E-state index in [1.807, 2.05) is 13.0 Å². The van der Waals surface area contributed by atoms with E-state index in [2.05, 4.69) is 4.98 Å². The zero-order valence-electron chi connectivity index (χ0n) is 10.2. The van der Waals surface area contributed by atoms with Gasteiger partial charge in [-0.15, -0.1) is 0 Å². The van der Waals surface area contributed by atoms with Crippen LogP contribution in [0.2, 0.25) is 0 Å². The molecule has 1 aromatic carbocycles. The first-order valence-corrected chi connectivity index (χ1v) is 5.85. The van der Waals surface area contributed by atoms with Crippen molar-refractivity contribution in [1.29, 1.82) is 0 Å². The van der Waals surface area contributed by atoms with Gasteiger partial charge in [0.1, 0.15) is 5.82 Å². The maximum atomic E-state index is 13.8. The second-order valence-electron chi connectivity index (χ2n) is 3.93.